The van der Waals surface area contributed by atoms with Gasteiger partial charge in [-0.2, -0.15) is 0 Å². The molecule has 0 heterocycles. The molecular weight excluding hydrogens is 490 g/mol. The van der Waals surface area contributed by atoms with Crippen LogP contribution < -0.4 is 10.6 Å². The van der Waals surface area contributed by atoms with Crippen molar-refractivity contribution in [3.8, 4) is 12.3 Å². The van der Waals surface area contributed by atoms with Gasteiger partial charge in [0, 0.05) is 17.8 Å². The van der Waals surface area contributed by atoms with E-state index in [2.05, 4.69) is 23.5 Å². The molecule has 0 fully saturated rings. The lowest BCUT2D eigenvalue weighted by molar-refractivity contribution is -0.138. The minimum atomic E-state index is -0.917. The van der Waals surface area contributed by atoms with E-state index in [1.54, 1.807) is 49.9 Å². The molecule has 1 atom stereocenters. The van der Waals surface area contributed by atoms with E-state index in [4.69, 9.17) is 11.2 Å². The predicted molar refractivity (Wildman–Crippen MR) is 156 cm³/mol. The maximum atomic E-state index is 13.8. The number of nitrogens with one attached hydrogen (secondary N) is 2. The Labute approximate surface area is 233 Å². The third kappa shape index (κ3) is 10.8. The summed E-state index contributed by atoms with van der Waals surface area (Å²) in [4.78, 5) is 41.2. The van der Waals surface area contributed by atoms with Crippen LogP contribution in [0.4, 0.5) is 10.5 Å². The Morgan fingerprint density at radius 3 is 2.23 bits per heavy atom. The number of aryl methyl sites for hydroxylation is 1. The van der Waals surface area contributed by atoms with Gasteiger partial charge in [-0.15, -0.1) is 6.42 Å². The van der Waals surface area contributed by atoms with Crippen molar-refractivity contribution >= 4 is 23.6 Å². The molecule has 210 valence electrons. The largest absolute Gasteiger partial charge is 0.444 e. The summed E-state index contributed by atoms with van der Waals surface area (Å²) in [6.45, 7) is 9.42. The lowest BCUT2D eigenvalue weighted by Gasteiger charge is -2.32. The van der Waals surface area contributed by atoms with Crippen LogP contribution in [0, 0.1) is 19.3 Å². The van der Waals surface area contributed by atoms with Crippen LogP contribution in [-0.2, 0) is 14.3 Å². The maximum absolute atomic E-state index is 13.8. The number of hydrogen-bond donors (Lipinski definition) is 2. The molecule has 0 bridgehead atoms. The van der Waals surface area contributed by atoms with Crippen molar-refractivity contribution < 1.29 is 19.1 Å². The van der Waals surface area contributed by atoms with Crippen LogP contribution in [0.15, 0.2) is 48.5 Å². The van der Waals surface area contributed by atoms with Gasteiger partial charge in [-0.1, -0.05) is 75.3 Å². The number of alkyl carbamates (subject to hydrolysis) is 1. The zero-order valence-electron chi connectivity index (χ0n) is 24.0. The third-order valence-corrected chi connectivity index (χ3v) is 6.21. The fourth-order valence-corrected chi connectivity index (χ4v) is 4.17. The van der Waals surface area contributed by atoms with Gasteiger partial charge in [-0.25, -0.2) is 4.79 Å². The smallest absolute Gasteiger partial charge is 0.408 e. The molecule has 0 saturated heterocycles. The number of ether oxygens (including phenoxy) is 1. The van der Waals surface area contributed by atoms with E-state index in [9.17, 15) is 14.4 Å². The Kier molecular flexibility index (Phi) is 12.6. The van der Waals surface area contributed by atoms with Crippen LogP contribution in [0.3, 0.4) is 0 Å². The number of hydrogen-bond acceptors (Lipinski definition) is 4. The highest BCUT2D eigenvalue weighted by atomic mass is 16.6. The molecule has 7 nitrogen and oxygen atoms in total. The Balaban J connectivity index is 2.35. The van der Waals surface area contributed by atoms with Gasteiger partial charge >= 0.3 is 6.09 Å². The minimum absolute atomic E-state index is 0.290. The molecule has 0 radical (unpaired) electrons. The van der Waals surface area contributed by atoms with E-state index in [0.29, 0.717) is 23.4 Å². The molecule has 0 aliphatic heterocycles. The summed E-state index contributed by atoms with van der Waals surface area (Å²) in [6, 6.07) is 13.7. The van der Waals surface area contributed by atoms with Gasteiger partial charge in [-0.05, 0) is 63.4 Å². The lowest BCUT2D eigenvalue weighted by atomic mass is 10.0. The topological polar surface area (TPSA) is 87.7 Å². The number of terminal acetylenes is 1. The second-order valence-electron chi connectivity index (χ2n) is 10.7. The molecule has 2 aromatic carbocycles. The number of para-hydroxylation sites is 1. The highest BCUT2D eigenvalue weighted by molar-refractivity contribution is 5.98. The number of benzene rings is 2. The van der Waals surface area contributed by atoms with Crippen LogP contribution in [0.25, 0.3) is 0 Å². The standard InChI is InChI=1S/C32H43N3O4/c1-7-9-10-11-12-15-22-35(28(36)23-33-31(38)39-32(4,5)6)29(26-20-18-25(8-2)19-21-26)30(37)34-27-17-14-13-16-24(27)3/h2,13-14,16-21,29H,7,9-12,15,22-23H2,1,3-6H3,(H,33,38)(H,34,37). The first-order valence-corrected chi connectivity index (χ1v) is 13.7. The summed E-state index contributed by atoms with van der Waals surface area (Å²) in [6.07, 6.45) is 11.0. The number of carbonyl (C=O) groups excluding carboxylic acids is 3. The van der Waals surface area contributed by atoms with E-state index in [1.165, 1.54) is 6.42 Å². The van der Waals surface area contributed by atoms with Crippen LogP contribution >= 0.6 is 0 Å². The number of amides is 3. The average molecular weight is 534 g/mol. The average Bonchev–Trinajstić information content (AvgIpc) is 2.89. The molecule has 0 aliphatic carbocycles. The monoisotopic (exact) mass is 533 g/mol. The first-order valence-electron chi connectivity index (χ1n) is 13.7. The van der Waals surface area contributed by atoms with Gasteiger partial charge in [-0.3, -0.25) is 9.59 Å². The van der Waals surface area contributed by atoms with Crippen molar-refractivity contribution in [2.24, 2.45) is 0 Å². The van der Waals surface area contributed by atoms with Gasteiger partial charge < -0.3 is 20.3 Å². The van der Waals surface area contributed by atoms with Gasteiger partial charge in [0.25, 0.3) is 5.91 Å². The van der Waals surface area contributed by atoms with Gasteiger partial charge in [0.15, 0.2) is 0 Å². The summed E-state index contributed by atoms with van der Waals surface area (Å²) >= 11 is 0. The quantitative estimate of drug-likeness (QED) is 0.231. The number of carbonyl (C=O) groups is 3. The van der Waals surface area contributed by atoms with Crippen LogP contribution in [0.2, 0.25) is 0 Å². The summed E-state index contributed by atoms with van der Waals surface area (Å²) in [5.74, 6) is 1.88. The summed E-state index contributed by atoms with van der Waals surface area (Å²) in [5, 5.41) is 5.55. The summed E-state index contributed by atoms with van der Waals surface area (Å²) < 4.78 is 5.30. The molecule has 7 heteroatoms. The highest BCUT2D eigenvalue weighted by Crippen LogP contribution is 2.26. The van der Waals surface area contributed by atoms with Crippen molar-refractivity contribution in [3.63, 3.8) is 0 Å². The second-order valence-corrected chi connectivity index (χ2v) is 10.7. The van der Waals surface area contributed by atoms with Crippen molar-refractivity contribution in [3.05, 3.63) is 65.2 Å². The first kappa shape index (κ1) is 31.4. The number of nitrogens with zero attached hydrogens (tertiary/aromatic N) is 1. The first-order chi connectivity index (χ1) is 18.6. The molecule has 0 saturated carbocycles. The molecule has 0 aromatic heterocycles. The minimum Gasteiger partial charge on any atom is -0.444 e. The fraction of sp³-hybridized carbons (Fsp3) is 0.469. The van der Waals surface area contributed by atoms with Crippen molar-refractivity contribution in [1.82, 2.24) is 10.2 Å². The fourth-order valence-electron chi connectivity index (χ4n) is 4.17. The van der Waals surface area contributed by atoms with Crippen molar-refractivity contribution in [2.75, 3.05) is 18.4 Å². The predicted octanol–water partition coefficient (Wildman–Crippen LogP) is 6.37. The Hall–Kier alpha value is -3.79. The SMILES string of the molecule is C#Cc1ccc(C(C(=O)Nc2ccccc2C)N(CCCCCCCC)C(=O)CNC(=O)OC(C)(C)C)cc1. The number of unbranched alkanes of at least 4 members (excludes halogenated alkanes) is 5. The zero-order valence-corrected chi connectivity index (χ0v) is 24.0. The molecule has 2 N–H and O–H groups in total. The lowest BCUT2D eigenvalue weighted by Crippen LogP contribution is -2.47. The van der Waals surface area contributed by atoms with E-state index >= 15 is 0 Å². The maximum Gasteiger partial charge on any atom is 0.408 e. The molecular formula is C32H43N3O4. The Bertz CT molecular complexity index is 1130. The van der Waals surface area contributed by atoms with E-state index < -0.39 is 17.7 Å². The molecule has 2 rings (SSSR count). The Morgan fingerprint density at radius 2 is 1.62 bits per heavy atom. The highest BCUT2D eigenvalue weighted by Gasteiger charge is 2.32. The van der Waals surface area contributed by atoms with Crippen molar-refractivity contribution in [2.45, 2.75) is 84.8 Å². The van der Waals surface area contributed by atoms with Crippen LogP contribution in [-0.4, -0.2) is 41.5 Å². The van der Waals surface area contributed by atoms with Gasteiger partial charge in [0.1, 0.15) is 18.2 Å². The summed E-state index contributed by atoms with van der Waals surface area (Å²) in [7, 11) is 0. The Morgan fingerprint density at radius 1 is 0.974 bits per heavy atom. The van der Waals surface area contributed by atoms with E-state index in [-0.39, 0.29) is 18.4 Å². The van der Waals surface area contributed by atoms with E-state index in [0.717, 1.165) is 37.7 Å². The molecule has 2 aromatic rings. The van der Waals surface area contributed by atoms with Crippen molar-refractivity contribution in [1.29, 1.82) is 0 Å². The number of anilines is 1. The second kappa shape index (κ2) is 15.6. The van der Waals surface area contributed by atoms with Crippen LogP contribution in [0.1, 0.15) is 89.0 Å². The molecule has 1 unspecified atom stereocenters. The summed E-state index contributed by atoms with van der Waals surface area (Å²) in [5.41, 5.74) is 2.20. The molecule has 0 spiro atoms. The van der Waals surface area contributed by atoms with Gasteiger partial charge in [0.05, 0.1) is 0 Å². The third-order valence-electron chi connectivity index (χ3n) is 6.21. The normalized spacial score (nSPS) is 11.7. The number of rotatable bonds is 13. The molecule has 39 heavy (non-hydrogen) atoms. The van der Waals surface area contributed by atoms with Gasteiger partial charge in [0.2, 0.25) is 5.91 Å². The van der Waals surface area contributed by atoms with E-state index in [1.807, 2.05) is 31.2 Å². The van der Waals surface area contributed by atoms with Crippen LogP contribution in [0.5, 0.6) is 0 Å². The molecule has 0 aliphatic rings. The zero-order chi connectivity index (χ0) is 28.8. The molecule has 3 amide bonds.